The molecule has 4 rings (SSSR count). The smallest absolute Gasteiger partial charge is 0.497 e. The van der Waals surface area contributed by atoms with Crippen LogP contribution in [0.2, 0.25) is 0 Å². The lowest BCUT2D eigenvalue weighted by Crippen LogP contribution is -2.29. The molecule has 3 aromatic rings. The first-order valence-corrected chi connectivity index (χ1v) is 12.1. The molecule has 0 N–H and O–H groups in total. The molecule has 3 atom stereocenters. The van der Waals surface area contributed by atoms with Crippen LogP contribution in [0.1, 0.15) is 17.5 Å². The fraction of sp³-hybridized carbons (Fsp3) is 0.269. The third kappa shape index (κ3) is 5.07. The fourth-order valence-electron chi connectivity index (χ4n) is 3.85. The predicted molar refractivity (Wildman–Crippen MR) is 128 cm³/mol. The van der Waals surface area contributed by atoms with Gasteiger partial charge in [0.05, 0.1) is 17.9 Å². The Labute approximate surface area is 201 Å². The molecule has 0 radical (unpaired) electrons. The van der Waals surface area contributed by atoms with E-state index in [-0.39, 0.29) is 6.61 Å². The maximum Gasteiger partial charge on any atom is 0.513 e. The molecule has 1 unspecified atom stereocenters. The lowest BCUT2D eigenvalue weighted by atomic mass is 9.97. The molecule has 0 saturated heterocycles. The van der Waals surface area contributed by atoms with Gasteiger partial charge in [-0.1, -0.05) is 48.0 Å². The minimum absolute atomic E-state index is 0.00814. The van der Waals surface area contributed by atoms with Crippen molar-refractivity contribution in [3.8, 4) is 11.5 Å². The van der Waals surface area contributed by atoms with Gasteiger partial charge in [0.1, 0.15) is 22.3 Å². The number of methoxy groups -OCH3 is 1. The summed E-state index contributed by atoms with van der Waals surface area (Å²) in [4.78, 5) is 13.0. The molecule has 7 heteroatoms. The van der Waals surface area contributed by atoms with Crippen LogP contribution in [0.5, 0.6) is 11.5 Å². The summed E-state index contributed by atoms with van der Waals surface area (Å²) in [6, 6.07) is 23.8. The van der Waals surface area contributed by atoms with Crippen molar-refractivity contribution >= 4 is 28.6 Å². The highest BCUT2D eigenvalue weighted by Gasteiger charge is 2.71. The lowest BCUT2D eigenvalue weighted by molar-refractivity contribution is 0.0785. The van der Waals surface area contributed by atoms with Gasteiger partial charge in [0.15, 0.2) is 0 Å². The molecule has 5 nitrogen and oxygen atoms in total. The summed E-state index contributed by atoms with van der Waals surface area (Å²) < 4.78 is 28.4. The second kappa shape index (κ2) is 9.57. The molecular weight excluding hydrogens is 460 g/mol. The molecule has 1 saturated carbocycles. The molecule has 33 heavy (non-hydrogen) atoms. The Kier molecular flexibility index (Phi) is 6.77. The molecule has 0 aromatic heterocycles. The van der Waals surface area contributed by atoms with Crippen molar-refractivity contribution in [2.75, 3.05) is 13.7 Å². The van der Waals surface area contributed by atoms with Gasteiger partial charge in [0.25, 0.3) is 0 Å². The second-order valence-electron chi connectivity index (χ2n) is 8.25. The summed E-state index contributed by atoms with van der Waals surface area (Å²) in [5, 5.41) is 0. The molecular formula is C26H25ClO5S. The van der Waals surface area contributed by atoms with E-state index in [4.69, 9.17) is 25.8 Å². The van der Waals surface area contributed by atoms with Crippen LogP contribution >= 0.6 is 11.6 Å². The van der Waals surface area contributed by atoms with Crippen LogP contribution in [0.3, 0.4) is 0 Å². The maximum atomic E-state index is 13.5. The first-order valence-electron chi connectivity index (χ1n) is 10.6. The summed E-state index contributed by atoms with van der Waals surface area (Å²) >= 11 is 6.99. The first-order chi connectivity index (χ1) is 15.8. The Morgan fingerprint density at radius 1 is 0.970 bits per heavy atom. The maximum absolute atomic E-state index is 13.5. The summed E-state index contributed by atoms with van der Waals surface area (Å²) in [7, 11) is 0.118. The van der Waals surface area contributed by atoms with Crippen LogP contribution in [0.25, 0.3) is 0 Å². The number of benzene rings is 3. The second-order valence-corrected chi connectivity index (χ2v) is 10.8. The molecule has 0 bridgehead atoms. The molecule has 0 spiro atoms. The van der Waals surface area contributed by atoms with Crippen LogP contribution < -0.4 is 9.47 Å². The van der Waals surface area contributed by atoms with Crippen LogP contribution in [0.15, 0.2) is 83.8 Å². The number of halogens is 1. The quantitative estimate of drug-likeness (QED) is 0.226. The topological polar surface area (TPSA) is 61.8 Å². The van der Waals surface area contributed by atoms with Crippen molar-refractivity contribution < 1.29 is 23.2 Å². The molecule has 0 heterocycles. The van der Waals surface area contributed by atoms with Crippen molar-refractivity contribution in [3.63, 3.8) is 0 Å². The van der Waals surface area contributed by atoms with Gasteiger partial charge in [0.2, 0.25) is 0 Å². The Morgan fingerprint density at radius 2 is 1.64 bits per heavy atom. The van der Waals surface area contributed by atoms with Crippen molar-refractivity contribution in [1.82, 2.24) is 0 Å². The highest BCUT2D eigenvalue weighted by Crippen LogP contribution is 2.66. The summed E-state index contributed by atoms with van der Waals surface area (Å²) in [5.41, 5.74) is 1.36. The number of hydrogen-bond acceptors (Lipinski definition) is 5. The van der Waals surface area contributed by atoms with Crippen molar-refractivity contribution in [3.05, 3.63) is 90.0 Å². The van der Waals surface area contributed by atoms with Crippen molar-refractivity contribution in [2.45, 2.75) is 28.9 Å². The Morgan fingerprint density at radius 3 is 2.27 bits per heavy atom. The van der Waals surface area contributed by atoms with E-state index in [0.717, 1.165) is 16.9 Å². The summed E-state index contributed by atoms with van der Waals surface area (Å²) in [6.07, 6.45) is 0.117. The van der Waals surface area contributed by atoms with Crippen LogP contribution in [0.4, 0.5) is 4.79 Å². The molecule has 1 fully saturated rings. The van der Waals surface area contributed by atoms with E-state index < -0.39 is 26.6 Å². The normalized spacial score (nSPS) is 22.3. The number of alkyl halides is 1. The monoisotopic (exact) mass is 484 g/mol. The highest BCUT2D eigenvalue weighted by molar-refractivity contribution is 7.88. The molecule has 3 aromatic carbocycles. The zero-order valence-corrected chi connectivity index (χ0v) is 20.0. The number of rotatable bonds is 8. The molecule has 1 aliphatic carbocycles. The number of ether oxygens (including phenoxy) is 3. The minimum Gasteiger partial charge on any atom is -0.497 e. The largest absolute Gasteiger partial charge is 0.513 e. The number of para-hydroxylation sites is 1. The van der Waals surface area contributed by atoms with Gasteiger partial charge in [-0.3, -0.25) is 4.21 Å². The average molecular weight is 485 g/mol. The van der Waals surface area contributed by atoms with Gasteiger partial charge in [-0.2, -0.15) is 0 Å². The zero-order chi connectivity index (χ0) is 23.5. The third-order valence-corrected chi connectivity index (χ3v) is 8.69. The first kappa shape index (κ1) is 23.3. The molecule has 0 amide bonds. The SMILES string of the molecule is COc1ccc(C[C@@]2(COC(=O)Oc3ccccc3)C[C@]2(Cl)S(=O)c2ccc(C)cc2)cc1. The lowest BCUT2D eigenvalue weighted by Gasteiger charge is -2.21. The summed E-state index contributed by atoms with van der Waals surface area (Å²) in [6.45, 7) is 1.96. The Balaban J connectivity index is 1.54. The van der Waals surface area contributed by atoms with E-state index in [9.17, 15) is 9.00 Å². The predicted octanol–water partition coefficient (Wildman–Crippen LogP) is 5.89. The molecule has 0 aliphatic heterocycles. The van der Waals surface area contributed by atoms with Crippen molar-refractivity contribution in [2.24, 2.45) is 5.41 Å². The summed E-state index contributed by atoms with van der Waals surface area (Å²) in [5.74, 6) is 1.13. The van der Waals surface area contributed by atoms with Gasteiger partial charge in [-0.25, -0.2) is 4.79 Å². The minimum atomic E-state index is -1.49. The van der Waals surface area contributed by atoms with E-state index in [0.29, 0.717) is 23.5 Å². The van der Waals surface area contributed by atoms with Gasteiger partial charge < -0.3 is 14.2 Å². The molecule has 1 aliphatic rings. The van der Waals surface area contributed by atoms with Gasteiger partial charge >= 0.3 is 6.16 Å². The number of carbonyl (C=O) groups excluding carboxylic acids is 1. The fourth-order valence-corrected chi connectivity index (χ4v) is 6.18. The van der Waals surface area contributed by atoms with Crippen LogP contribution in [-0.4, -0.2) is 28.3 Å². The Hall–Kier alpha value is -2.83. The van der Waals surface area contributed by atoms with Crippen LogP contribution in [0, 0.1) is 12.3 Å². The third-order valence-electron chi connectivity index (χ3n) is 5.87. The number of hydrogen-bond donors (Lipinski definition) is 0. The average Bonchev–Trinajstić information content (AvgIpc) is 3.43. The van der Waals surface area contributed by atoms with Gasteiger partial charge in [0, 0.05) is 10.3 Å². The van der Waals surface area contributed by atoms with E-state index in [1.807, 2.05) is 61.5 Å². The van der Waals surface area contributed by atoms with Gasteiger partial charge in [-0.15, -0.1) is 11.6 Å². The van der Waals surface area contributed by atoms with E-state index in [2.05, 4.69) is 0 Å². The van der Waals surface area contributed by atoms with E-state index in [1.54, 1.807) is 31.4 Å². The van der Waals surface area contributed by atoms with Crippen LogP contribution in [-0.2, 0) is 22.0 Å². The van der Waals surface area contributed by atoms with E-state index in [1.165, 1.54) is 0 Å². The highest BCUT2D eigenvalue weighted by atomic mass is 35.5. The zero-order valence-electron chi connectivity index (χ0n) is 18.5. The number of aryl methyl sites for hydroxylation is 1. The van der Waals surface area contributed by atoms with Crippen molar-refractivity contribution in [1.29, 1.82) is 0 Å². The Bertz CT molecular complexity index is 1130. The van der Waals surface area contributed by atoms with Gasteiger partial charge in [-0.05, 0) is 61.7 Å². The van der Waals surface area contributed by atoms with E-state index >= 15 is 0 Å². The molecule has 172 valence electrons. The standard InChI is InChI=1S/C26H25ClO5S/c1-19-8-14-23(15-9-19)33(29)26(27)17-25(26,16-20-10-12-21(30-2)13-11-20)18-31-24(28)32-22-6-4-3-5-7-22/h3-15H,16-18H2,1-2H3/t25-,26-,33?/m0/s1. The number of carbonyl (C=O) groups is 1.